The third-order valence-electron chi connectivity index (χ3n) is 5.11. The minimum absolute atomic E-state index is 0. The molecule has 3 rings (SSSR count). The van der Waals surface area contributed by atoms with Crippen LogP contribution in [0.5, 0.6) is 0 Å². The van der Waals surface area contributed by atoms with Crippen molar-refractivity contribution in [3.8, 4) is 0 Å². The van der Waals surface area contributed by atoms with Crippen molar-refractivity contribution in [3.05, 3.63) is 41.2 Å². The Morgan fingerprint density at radius 2 is 2.00 bits per heavy atom. The number of nitrogens with zero attached hydrogens (tertiary/aromatic N) is 5. The first-order valence-electron chi connectivity index (χ1n) is 10.7. The number of rotatable bonds is 8. The van der Waals surface area contributed by atoms with Gasteiger partial charge in [-0.25, -0.2) is 0 Å². The van der Waals surface area contributed by atoms with E-state index in [4.69, 9.17) is 4.99 Å². The fourth-order valence-electron chi connectivity index (χ4n) is 3.73. The van der Waals surface area contributed by atoms with Crippen LogP contribution < -0.4 is 5.32 Å². The molecule has 6 nitrogen and oxygen atoms in total. The van der Waals surface area contributed by atoms with Crippen LogP contribution in [-0.4, -0.2) is 51.5 Å². The zero-order valence-electron chi connectivity index (χ0n) is 18.6. The van der Waals surface area contributed by atoms with Crippen molar-refractivity contribution in [2.75, 3.05) is 25.9 Å². The number of aromatic nitrogens is 3. The van der Waals surface area contributed by atoms with Crippen LogP contribution in [0.25, 0.3) is 0 Å². The average Bonchev–Trinajstić information content (AvgIpc) is 3.10. The van der Waals surface area contributed by atoms with Crippen molar-refractivity contribution in [2.45, 2.75) is 58.3 Å². The molecule has 0 aliphatic carbocycles. The topological polar surface area (TPSA) is 58.3 Å². The molecule has 1 aliphatic heterocycles. The highest BCUT2D eigenvalue weighted by atomic mass is 127. The summed E-state index contributed by atoms with van der Waals surface area (Å²) in [7, 11) is 0. The molecule has 2 heterocycles. The van der Waals surface area contributed by atoms with Crippen molar-refractivity contribution >= 4 is 41.7 Å². The van der Waals surface area contributed by atoms with E-state index in [2.05, 4.69) is 76.3 Å². The molecule has 0 amide bonds. The lowest BCUT2D eigenvalue weighted by Crippen LogP contribution is -2.44. The summed E-state index contributed by atoms with van der Waals surface area (Å²) in [6.07, 6.45) is 5.03. The minimum atomic E-state index is 0. The van der Waals surface area contributed by atoms with E-state index in [9.17, 15) is 0 Å². The number of halogens is 1. The number of benzene rings is 1. The lowest BCUT2D eigenvalue weighted by molar-refractivity contribution is 0.378. The zero-order valence-corrected chi connectivity index (χ0v) is 21.7. The second kappa shape index (κ2) is 12.5. The van der Waals surface area contributed by atoms with Gasteiger partial charge in [-0.1, -0.05) is 49.9 Å². The van der Waals surface area contributed by atoms with Crippen LogP contribution in [0, 0.1) is 5.92 Å². The third-order valence-corrected chi connectivity index (χ3v) is 5.78. The van der Waals surface area contributed by atoms with Crippen LogP contribution >= 0.6 is 35.7 Å². The fraction of sp³-hybridized carbons (Fsp3) is 0.591. The van der Waals surface area contributed by atoms with Gasteiger partial charge >= 0.3 is 0 Å². The molecule has 2 aromatic rings. The zero-order chi connectivity index (χ0) is 20.6. The van der Waals surface area contributed by atoms with Gasteiger partial charge in [0.2, 0.25) is 0 Å². The standard InChI is InChI=1S/C22H34N6S.HI/c1-5-23-21(27-14-12-18-9-6-7-10-19(18)16-27)24-13-8-11-20-25-26-22(29-4)28(20)15-17(2)3;/h6-7,9-10,17H,5,8,11-16H2,1-4H3,(H,23,24);1H. The first kappa shape index (κ1) is 25.0. The van der Waals surface area contributed by atoms with Crippen molar-refractivity contribution in [1.29, 1.82) is 0 Å². The molecule has 1 N–H and O–H groups in total. The predicted molar refractivity (Wildman–Crippen MR) is 137 cm³/mol. The third kappa shape index (κ3) is 6.60. The Kier molecular flexibility index (Phi) is 10.4. The molecule has 166 valence electrons. The maximum Gasteiger partial charge on any atom is 0.194 e. The van der Waals surface area contributed by atoms with Gasteiger partial charge in [-0.15, -0.1) is 34.2 Å². The highest BCUT2D eigenvalue weighted by molar-refractivity contribution is 14.0. The Bertz CT molecular complexity index is 820. The number of hydrogen-bond donors (Lipinski definition) is 1. The molecule has 1 aliphatic rings. The number of hydrogen-bond acceptors (Lipinski definition) is 4. The van der Waals surface area contributed by atoms with E-state index >= 15 is 0 Å². The van der Waals surface area contributed by atoms with E-state index < -0.39 is 0 Å². The predicted octanol–water partition coefficient (Wildman–Crippen LogP) is 4.23. The SMILES string of the molecule is CCNC(=NCCCc1nnc(SC)n1CC(C)C)N1CCc2ccccc2C1.I. The minimum Gasteiger partial charge on any atom is -0.357 e. The molecule has 1 aromatic heterocycles. The number of guanidine groups is 1. The summed E-state index contributed by atoms with van der Waals surface area (Å²) in [6, 6.07) is 8.74. The summed E-state index contributed by atoms with van der Waals surface area (Å²) in [5, 5.41) is 13.3. The van der Waals surface area contributed by atoms with Gasteiger partial charge in [0.25, 0.3) is 0 Å². The second-order valence-electron chi connectivity index (χ2n) is 7.89. The molecular weight excluding hydrogens is 507 g/mol. The Morgan fingerprint density at radius 1 is 1.23 bits per heavy atom. The van der Waals surface area contributed by atoms with E-state index in [0.717, 1.165) is 68.9 Å². The van der Waals surface area contributed by atoms with Crippen LogP contribution in [0.4, 0.5) is 0 Å². The molecule has 0 unspecified atom stereocenters. The van der Waals surface area contributed by atoms with Crippen molar-refractivity contribution in [2.24, 2.45) is 10.9 Å². The van der Waals surface area contributed by atoms with Crippen LogP contribution in [0.15, 0.2) is 34.4 Å². The normalized spacial score (nSPS) is 13.9. The summed E-state index contributed by atoms with van der Waals surface area (Å²) in [4.78, 5) is 7.29. The summed E-state index contributed by atoms with van der Waals surface area (Å²) < 4.78 is 2.27. The number of fused-ring (bicyclic) bond motifs is 1. The highest BCUT2D eigenvalue weighted by Crippen LogP contribution is 2.19. The molecule has 0 bridgehead atoms. The molecule has 8 heteroatoms. The van der Waals surface area contributed by atoms with E-state index in [1.165, 1.54) is 11.1 Å². The molecule has 0 fully saturated rings. The Balaban J connectivity index is 0.00000320. The number of aliphatic imine (C=N–C) groups is 1. The lowest BCUT2D eigenvalue weighted by atomic mass is 10.0. The largest absolute Gasteiger partial charge is 0.357 e. The van der Waals surface area contributed by atoms with Gasteiger partial charge in [0, 0.05) is 39.1 Å². The molecule has 1 aromatic carbocycles. The summed E-state index contributed by atoms with van der Waals surface area (Å²) in [5.41, 5.74) is 2.88. The lowest BCUT2D eigenvalue weighted by Gasteiger charge is -2.31. The number of aryl methyl sites for hydroxylation is 1. The molecule has 30 heavy (non-hydrogen) atoms. The summed E-state index contributed by atoms with van der Waals surface area (Å²) in [6.45, 7) is 11.2. The first-order valence-corrected chi connectivity index (χ1v) is 11.9. The van der Waals surface area contributed by atoms with Crippen molar-refractivity contribution in [1.82, 2.24) is 25.0 Å². The number of thioether (sulfide) groups is 1. The monoisotopic (exact) mass is 542 g/mol. The van der Waals surface area contributed by atoms with Crippen molar-refractivity contribution in [3.63, 3.8) is 0 Å². The van der Waals surface area contributed by atoms with E-state index in [-0.39, 0.29) is 24.0 Å². The Hall–Kier alpha value is -1.29. The average molecular weight is 543 g/mol. The summed E-state index contributed by atoms with van der Waals surface area (Å²) >= 11 is 1.67. The van der Waals surface area contributed by atoms with Crippen LogP contribution in [0.3, 0.4) is 0 Å². The van der Waals surface area contributed by atoms with Gasteiger partial charge in [-0.3, -0.25) is 4.99 Å². The van der Waals surface area contributed by atoms with Gasteiger partial charge in [0.15, 0.2) is 11.1 Å². The maximum atomic E-state index is 4.91. The van der Waals surface area contributed by atoms with E-state index in [1.54, 1.807) is 11.8 Å². The van der Waals surface area contributed by atoms with E-state index in [0.29, 0.717) is 5.92 Å². The molecule has 0 saturated carbocycles. The Labute approximate surface area is 202 Å². The second-order valence-corrected chi connectivity index (χ2v) is 8.66. The first-order chi connectivity index (χ1) is 14.1. The molecule has 0 spiro atoms. The smallest absolute Gasteiger partial charge is 0.194 e. The maximum absolute atomic E-state index is 4.91. The Morgan fingerprint density at radius 3 is 2.70 bits per heavy atom. The van der Waals surface area contributed by atoms with Crippen molar-refractivity contribution < 1.29 is 0 Å². The molecule has 0 atom stereocenters. The molecular formula is C22H35IN6S. The van der Waals surface area contributed by atoms with E-state index in [1.807, 2.05) is 0 Å². The fourth-order valence-corrected chi connectivity index (χ4v) is 4.25. The molecule has 0 saturated heterocycles. The van der Waals surface area contributed by atoms with Gasteiger partial charge < -0.3 is 14.8 Å². The summed E-state index contributed by atoms with van der Waals surface area (Å²) in [5.74, 6) is 2.68. The highest BCUT2D eigenvalue weighted by Gasteiger charge is 2.18. The quantitative estimate of drug-likeness (QED) is 0.178. The van der Waals surface area contributed by atoms with Gasteiger partial charge in [0.05, 0.1) is 0 Å². The van der Waals surface area contributed by atoms with Crippen LogP contribution in [0.1, 0.15) is 44.1 Å². The van der Waals surface area contributed by atoms with Crippen LogP contribution in [0.2, 0.25) is 0 Å². The van der Waals surface area contributed by atoms with Gasteiger partial charge in [-0.05, 0) is 43.1 Å². The number of nitrogens with one attached hydrogen (secondary N) is 1. The van der Waals surface area contributed by atoms with Gasteiger partial charge in [-0.2, -0.15) is 0 Å². The van der Waals surface area contributed by atoms with Gasteiger partial charge in [0.1, 0.15) is 5.82 Å². The molecule has 0 radical (unpaired) electrons. The van der Waals surface area contributed by atoms with Crippen LogP contribution in [-0.2, 0) is 25.9 Å².